The Morgan fingerprint density at radius 1 is 0.538 bits per heavy atom. The fourth-order valence-electron chi connectivity index (χ4n) is 17.5. The zero-order valence-corrected chi connectivity index (χ0v) is 48.3. The average Bonchev–Trinajstić information content (AvgIpc) is 3.80. The molecule has 0 aromatic carbocycles. The molecule has 20 atom stereocenters. The lowest BCUT2D eigenvalue weighted by atomic mass is 9.32. The summed E-state index contributed by atoms with van der Waals surface area (Å²) >= 11 is 0. The number of carbonyl (C=O) groups excluding carboxylic acids is 8. The highest BCUT2D eigenvalue weighted by Crippen LogP contribution is 2.78. The van der Waals surface area contributed by atoms with Crippen molar-refractivity contribution in [2.75, 3.05) is 13.2 Å². The molecule has 0 amide bonds. The molecule has 0 aromatic rings. The van der Waals surface area contributed by atoms with Crippen LogP contribution in [-0.4, -0.2) is 133 Å². The van der Waals surface area contributed by atoms with Gasteiger partial charge in [-0.25, -0.2) is 0 Å². The Morgan fingerprint density at radius 2 is 1.13 bits per heavy atom. The van der Waals surface area contributed by atoms with Gasteiger partial charge in [-0.1, -0.05) is 46.8 Å². The number of rotatable bonds is 15. The molecule has 0 radical (unpaired) electrons. The van der Waals surface area contributed by atoms with Gasteiger partial charge in [-0.2, -0.15) is 0 Å². The van der Waals surface area contributed by atoms with Crippen LogP contribution in [-0.2, 0) is 90.5 Å². The summed E-state index contributed by atoms with van der Waals surface area (Å²) in [5.41, 5.74) is -2.62. The largest absolute Gasteiger partial charge is 0.463 e. The van der Waals surface area contributed by atoms with Crippen LogP contribution in [0.5, 0.6) is 0 Å². The second kappa shape index (κ2) is 22.7. The summed E-state index contributed by atoms with van der Waals surface area (Å²) in [4.78, 5) is 104. The number of aliphatic hydroxyl groups is 1. The van der Waals surface area contributed by atoms with Gasteiger partial charge in [0.05, 0.1) is 6.61 Å². The second-order valence-corrected chi connectivity index (χ2v) is 25.2. The molecule has 20 nitrogen and oxygen atoms in total. The third-order valence-corrected chi connectivity index (χ3v) is 20.3. The first-order valence-electron chi connectivity index (χ1n) is 27.9. The van der Waals surface area contributed by atoms with Crippen molar-refractivity contribution >= 4 is 47.8 Å². The molecule has 438 valence electrons. The summed E-state index contributed by atoms with van der Waals surface area (Å²) in [6.45, 7) is 26.4. The lowest BCUT2D eigenvalue weighted by Gasteiger charge is -2.73. The molecular formula is C58H86O20. The quantitative estimate of drug-likeness (QED) is 0.0988. The molecule has 0 bridgehead atoms. The van der Waals surface area contributed by atoms with Crippen molar-refractivity contribution in [3.63, 3.8) is 0 Å². The molecule has 0 spiro atoms. The van der Waals surface area contributed by atoms with Crippen LogP contribution in [0.15, 0.2) is 12.2 Å². The van der Waals surface area contributed by atoms with Gasteiger partial charge in [0.15, 0.2) is 30.2 Å². The topological polar surface area (TPSA) is 258 Å². The second-order valence-electron chi connectivity index (χ2n) is 25.2. The highest BCUT2D eigenvalue weighted by atomic mass is 16.8. The number of aliphatic hydroxyl groups excluding tert-OH is 1. The molecule has 2 aliphatic heterocycles. The molecule has 2 heterocycles. The summed E-state index contributed by atoms with van der Waals surface area (Å²) < 4.78 is 67.1. The van der Waals surface area contributed by atoms with E-state index in [9.17, 15) is 43.5 Å². The maximum Gasteiger partial charge on any atom is 0.305 e. The van der Waals surface area contributed by atoms with Gasteiger partial charge in [-0.3, -0.25) is 38.4 Å². The minimum absolute atomic E-state index is 0.0155. The normalized spacial score (nSPS) is 42.3. The Bertz CT molecular complexity index is 2350. The van der Waals surface area contributed by atoms with Crippen LogP contribution >= 0.6 is 0 Å². The Morgan fingerprint density at radius 3 is 1.69 bits per heavy atom. The number of fused-ring (bicyclic) bond motifs is 7. The van der Waals surface area contributed by atoms with Crippen LogP contribution in [0.25, 0.3) is 0 Å². The minimum Gasteiger partial charge on any atom is -0.463 e. The number of ether oxygens (including phenoxy) is 11. The molecule has 1 N–H and O–H groups in total. The van der Waals surface area contributed by atoms with E-state index in [0.29, 0.717) is 31.1 Å². The van der Waals surface area contributed by atoms with Gasteiger partial charge in [0, 0.05) is 60.8 Å². The first-order valence-corrected chi connectivity index (χ1v) is 27.9. The lowest BCUT2D eigenvalue weighted by molar-refractivity contribution is -0.381. The van der Waals surface area contributed by atoms with E-state index in [2.05, 4.69) is 41.2 Å². The van der Waals surface area contributed by atoms with E-state index >= 15 is 0 Å². The van der Waals surface area contributed by atoms with E-state index in [1.54, 1.807) is 0 Å². The molecule has 78 heavy (non-hydrogen) atoms. The third kappa shape index (κ3) is 11.1. The zero-order chi connectivity index (χ0) is 57.8. The van der Waals surface area contributed by atoms with Crippen molar-refractivity contribution in [1.29, 1.82) is 0 Å². The number of hydrogen-bond donors (Lipinski definition) is 1. The van der Waals surface area contributed by atoms with Crippen molar-refractivity contribution in [2.45, 2.75) is 235 Å². The molecule has 7 fully saturated rings. The van der Waals surface area contributed by atoms with Crippen LogP contribution in [0.4, 0.5) is 0 Å². The summed E-state index contributed by atoms with van der Waals surface area (Å²) in [6, 6.07) is 0. The summed E-state index contributed by atoms with van der Waals surface area (Å²) in [6.07, 6.45) is -7.39. The molecule has 7 aliphatic rings. The molecule has 5 saturated carbocycles. The van der Waals surface area contributed by atoms with Gasteiger partial charge in [-0.05, 0) is 129 Å². The standard InChI is InChI=1S/C58H86O20/c1-29(2)38-18-23-57(25-24-55(14)39(45(38)57)16-17-43-54(13)21-20-44(69-31(4)61)53(11,12)42(54)19-22-56(43,55)15)28-58(78-37(10)67)49(40(26-59)75-52(74-36(9)66)50(58)73-35(8)65)77-51-48(72-34(7)64)47(71-33(6)63)46(70-32(5)62)41(76-51)27-68-30(3)60/h38-52,59H,1,16-28H2,2-15H3/t38-,39+,40+,41+,42-,43?,44?,45+,46+,47-,48+,49+,50-,51+,52+,54-,55+,56+,57+,58+/m0/s1. The number of esters is 8. The van der Waals surface area contributed by atoms with Crippen LogP contribution in [0.1, 0.15) is 168 Å². The van der Waals surface area contributed by atoms with E-state index in [-0.39, 0.29) is 57.9 Å². The first-order chi connectivity index (χ1) is 36.3. The average molecular weight is 1100 g/mol. The van der Waals surface area contributed by atoms with E-state index in [0.717, 1.165) is 92.1 Å². The molecular weight excluding hydrogens is 1020 g/mol. The molecule has 2 unspecified atom stereocenters. The fraction of sp³-hybridized carbons (Fsp3) is 0.828. The maximum atomic E-state index is 14.2. The van der Waals surface area contributed by atoms with E-state index in [1.165, 1.54) is 13.8 Å². The summed E-state index contributed by atoms with van der Waals surface area (Å²) in [7, 11) is 0. The zero-order valence-electron chi connectivity index (χ0n) is 48.3. The maximum absolute atomic E-state index is 14.2. The van der Waals surface area contributed by atoms with Crippen LogP contribution in [0, 0.1) is 56.7 Å². The number of hydrogen-bond acceptors (Lipinski definition) is 20. The lowest BCUT2D eigenvalue weighted by Crippen LogP contribution is -2.74. The predicted molar refractivity (Wildman–Crippen MR) is 274 cm³/mol. The first kappa shape index (κ1) is 61.0. The Kier molecular flexibility index (Phi) is 17.7. The Balaban J connectivity index is 1.39. The van der Waals surface area contributed by atoms with E-state index in [4.69, 9.17) is 52.1 Å². The molecule has 0 aromatic heterocycles. The fourth-order valence-corrected chi connectivity index (χ4v) is 17.5. The highest BCUT2D eigenvalue weighted by Gasteiger charge is 2.74. The SMILES string of the molecule is C=C(C)[C@@H]1CC[C@]2(C[C@@]3(OC(C)=O)[C@H](O[C@H]4O[C@H](COC(C)=O)[C@@H](OC(C)=O)[C@H](OC(C)=O)[C@H]4OC(C)=O)[C@@H](CO)O[C@@H](OC(C)=O)[C@@H]3OC(C)=O)CC[C@]3(C)[C@H](CCC4[C@@]5(C)CCC(OC(C)=O)C(C)(C)[C@@H]5CC[C@]43C)[C@@H]12. The molecule has 2 saturated heterocycles. The van der Waals surface area contributed by atoms with Crippen molar-refractivity contribution < 1.29 is 95.6 Å². The predicted octanol–water partition coefficient (Wildman–Crippen LogP) is 6.95. The van der Waals surface area contributed by atoms with Crippen LogP contribution in [0.3, 0.4) is 0 Å². The van der Waals surface area contributed by atoms with Crippen molar-refractivity contribution in [3.8, 4) is 0 Å². The monoisotopic (exact) mass is 1100 g/mol. The van der Waals surface area contributed by atoms with Crippen molar-refractivity contribution in [1.82, 2.24) is 0 Å². The van der Waals surface area contributed by atoms with Crippen molar-refractivity contribution in [2.24, 2.45) is 56.7 Å². The van der Waals surface area contributed by atoms with Gasteiger partial charge in [0.25, 0.3) is 0 Å². The third-order valence-electron chi connectivity index (χ3n) is 20.3. The van der Waals surface area contributed by atoms with Gasteiger partial charge < -0.3 is 57.2 Å². The molecule has 5 aliphatic carbocycles. The minimum atomic E-state index is -2.22. The van der Waals surface area contributed by atoms with Crippen molar-refractivity contribution in [3.05, 3.63) is 12.2 Å². The van der Waals surface area contributed by atoms with Gasteiger partial charge in [0.1, 0.15) is 31.0 Å². The van der Waals surface area contributed by atoms with E-state index < -0.39 is 121 Å². The van der Waals surface area contributed by atoms with Crippen LogP contribution in [0.2, 0.25) is 0 Å². The summed E-state index contributed by atoms with van der Waals surface area (Å²) in [5.74, 6) is -5.63. The molecule has 20 heteroatoms. The highest BCUT2D eigenvalue weighted by molar-refractivity contribution is 5.70. The van der Waals surface area contributed by atoms with Gasteiger partial charge in [-0.15, -0.1) is 0 Å². The van der Waals surface area contributed by atoms with E-state index in [1.807, 2.05) is 6.92 Å². The number of carbonyl (C=O) groups is 8. The Labute approximate surface area is 458 Å². The number of allylic oxidation sites excluding steroid dienone is 1. The smallest absolute Gasteiger partial charge is 0.305 e. The molecule has 7 rings (SSSR count). The Hall–Kier alpha value is -4.66. The van der Waals surface area contributed by atoms with Gasteiger partial charge in [0.2, 0.25) is 12.4 Å². The summed E-state index contributed by atoms with van der Waals surface area (Å²) in [5, 5.41) is 11.5. The van der Waals surface area contributed by atoms with Gasteiger partial charge >= 0.3 is 47.8 Å². The van der Waals surface area contributed by atoms with Crippen LogP contribution < -0.4 is 0 Å².